The Morgan fingerprint density at radius 2 is 2.14 bits per heavy atom. The zero-order valence-electron chi connectivity index (χ0n) is 16.1. The molecule has 0 saturated carbocycles. The summed E-state index contributed by atoms with van der Waals surface area (Å²) in [5.41, 5.74) is -0.864. The largest absolute Gasteiger partial charge is 0.388 e. The fraction of sp³-hybridized carbons (Fsp3) is 0.579. The number of nitrogens with zero attached hydrogens (tertiary/aromatic N) is 4. The van der Waals surface area contributed by atoms with Crippen LogP contribution in [0.15, 0.2) is 28.9 Å². The number of hydrogen-bond donors (Lipinski definition) is 2. The number of nitrogens with one attached hydrogen (secondary N) is 1. The lowest BCUT2D eigenvalue weighted by Gasteiger charge is -2.51. The van der Waals surface area contributed by atoms with Crippen molar-refractivity contribution in [2.75, 3.05) is 24.6 Å². The Hall–Kier alpha value is -2.52. The van der Waals surface area contributed by atoms with E-state index in [4.69, 9.17) is 9.26 Å². The van der Waals surface area contributed by atoms with Gasteiger partial charge in [0.05, 0.1) is 17.7 Å². The quantitative estimate of drug-likeness (QED) is 0.804. The van der Waals surface area contributed by atoms with Gasteiger partial charge in [-0.1, -0.05) is 6.07 Å². The van der Waals surface area contributed by atoms with E-state index in [1.807, 2.05) is 6.92 Å². The molecule has 2 aromatic rings. The van der Waals surface area contributed by atoms with Crippen LogP contribution in [0.3, 0.4) is 0 Å². The zero-order valence-corrected chi connectivity index (χ0v) is 16.1. The highest BCUT2D eigenvalue weighted by Crippen LogP contribution is 2.40. The van der Waals surface area contributed by atoms with Crippen LogP contribution in [-0.2, 0) is 4.74 Å². The summed E-state index contributed by atoms with van der Waals surface area (Å²) in [5.74, 6) is 0.838. The lowest BCUT2D eigenvalue weighted by molar-refractivity contribution is -0.167. The number of piperidine rings is 1. The van der Waals surface area contributed by atoms with Gasteiger partial charge in [0.1, 0.15) is 11.8 Å². The van der Waals surface area contributed by atoms with Gasteiger partial charge in [-0.15, -0.1) is 0 Å². The van der Waals surface area contributed by atoms with Crippen LogP contribution in [0.5, 0.6) is 0 Å². The minimum atomic E-state index is -0.794. The van der Waals surface area contributed by atoms with Crippen molar-refractivity contribution >= 4 is 11.9 Å². The predicted molar refractivity (Wildman–Crippen MR) is 99.9 cm³/mol. The zero-order chi connectivity index (χ0) is 19.8. The number of ether oxygens (including phenoxy) is 1. The van der Waals surface area contributed by atoms with Gasteiger partial charge in [0.25, 0.3) is 11.9 Å². The fourth-order valence-electron chi connectivity index (χ4n) is 4.08. The van der Waals surface area contributed by atoms with Crippen molar-refractivity contribution in [2.24, 2.45) is 0 Å². The molecule has 0 unspecified atom stereocenters. The topological polar surface area (TPSA) is 114 Å². The van der Waals surface area contributed by atoms with E-state index in [0.717, 1.165) is 25.9 Å². The summed E-state index contributed by atoms with van der Waals surface area (Å²) in [6, 6.07) is 5.18. The maximum Gasteiger partial charge on any atom is 0.270 e. The normalized spacial score (nSPS) is 27.0. The highest BCUT2D eigenvalue weighted by molar-refractivity contribution is 5.92. The highest BCUT2D eigenvalue weighted by Gasteiger charge is 2.50. The summed E-state index contributed by atoms with van der Waals surface area (Å²) in [7, 11) is 0. The molecule has 1 spiro atoms. The number of aliphatic hydroxyl groups excluding tert-OH is 1. The van der Waals surface area contributed by atoms with E-state index in [1.54, 1.807) is 31.3 Å². The summed E-state index contributed by atoms with van der Waals surface area (Å²) in [6.07, 6.45) is 2.82. The Kier molecular flexibility index (Phi) is 4.80. The third kappa shape index (κ3) is 3.59. The smallest absolute Gasteiger partial charge is 0.270 e. The molecule has 4 rings (SSSR count). The van der Waals surface area contributed by atoms with Crippen LogP contribution < -0.4 is 10.2 Å². The summed E-state index contributed by atoms with van der Waals surface area (Å²) < 4.78 is 11.2. The number of carbonyl (C=O) groups excluding carboxylic acids is 1. The number of amides is 1. The Balaban J connectivity index is 1.45. The number of aryl methyl sites for hydroxylation is 1. The summed E-state index contributed by atoms with van der Waals surface area (Å²) in [6.45, 7) is 5.26. The molecule has 9 nitrogen and oxygen atoms in total. The van der Waals surface area contributed by atoms with Gasteiger partial charge in [-0.3, -0.25) is 9.78 Å². The van der Waals surface area contributed by atoms with E-state index in [2.05, 4.69) is 25.3 Å². The molecule has 2 atom stereocenters. The van der Waals surface area contributed by atoms with Crippen molar-refractivity contribution in [1.82, 2.24) is 20.4 Å². The van der Waals surface area contributed by atoms with Gasteiger partial charge in [-0.25, -0.2) is 0 Å². The van der Waals surface area contributed by atoms with Crippen LogP contribution in [0.1, 0.15) is 42.6 Å². The minimum Gasteiger partial charge on any atom is -0.388 e. The molecule has 4 heterocycles. The van der Waals surface area contributed by atoms with Crippen molar-refractivity contribution in [3.8, 4) is 0 Å². The molecule has 0 radical (unpaired) electrons. The summed E-state index contributed by atoms with van der Waals surface area (Å²) in [4.78, 5) is 23.1. The first kappa shape index (κ1) is 18.8. The Bertz CT molecular complexity index is 834. The van der Waals surface area contributed by atoms with E-state index in [0.29, 0.717) is 24.0 Å². The molecule has 2 aliphatic heterocycles. The monoisotopic (exact) mass is 387 g/mol. The van der Waals surface area contributed by atoms with Crippen LogP contribution in [0, 0.1) is 6.92 Å². The number of carbonyl (C=O) groups is 1. The Morgan fingerprint density at radius 1 is 1.36 bits per heavy atom. The first-order valence-corrected chi connectivity index (χ1v) is 9.50. The van der Waals surface area contributed by atoms with Crippen LogP contribution in [0.25, 0.3) is 0 Å². The highest BCUT2D eigenvalue weighted by atomic mass is 16.5. The van der Waals surface area contributed by atoms with Crippen molar-refractivity contribution in [3.05, 3.63) is 36.0 Å². The lowest BCUT2D eigenvalue weighted by Crippen LogP contribution is -2.65. The van der Waals surface area contributed by atoms with Gasteiger partial charge >= 0.3 is 0 Å². The van der Waals surface area contributed by atoms with Crippen LogP contribution in [0.2, 0.25) is 0 Å². The number of pyridine rings is 1. The fourth-order valence-corrected chi connectivity index (χ4v) is 4.08. The van der Waals surface area contributed by atoms with Gasteiger partial charge in [0.2, 0.25) is 5.89 Å². The number of aliphatic hydroxyl groups is 1. The van der Waals surface area contributed by atoms with Crippen molar-refractivity contribution in [3.63, 3.8) is 0 Å². The maximum atomic E-state index is 12.6. The molecule has 2 fully saturated rings. The number of anilines is 1. The SMILES string of the molecule is Cc1nc(N2CCC3(CC2)C[C@@](C)(NC(=O)c2ccccn2)[C@H](O)CO3)no1. The van der Waals surface area contributed by atoms with E-state index in [-0.39, 0.29) is 12.5 Å². The molecule has 2 aliphatic rings. The van der Waals surface area contributed by atoms with E-state index in [9.17, 15) is 9.90 Å². The number of aromatic nitrogens is 3. The summed E-state index contributed by atoms with van der Waals surface area (Å²) in [5, 5.41) is 17.5. The molecule has 28 heavy (non-hydrogen) atoms. The molecule has 0 bridgehead atoms. The molecule has 0 aliphatic carbocycles. The molecule has 2 saturated heterocycles. The molecule has 2 N–H and O–H groups in total. The van der Waals surface area contributed by atoms with E-state index >= 15 is 0 Å². The maximum absolute atomic E-state index is 12.6. The standard InChI is InChI=1S/C19H25N5O4/c1-13-21-17(23-28-13)24-9-6-19(7-10-24)12-18(2,15(25)11-27-19)22-16(26)14-5-3-4-8-20-14/h3-5,8,15,25H,6-7,9-12H2,1-2H3,(H,22,26)/t15-,18-/m1/s1. The van der Waals surface area contributed by atoms with Crippen LogP contribution in [0.4, 0.5) is 5.95 Å². The molecular formula is C19H25N5O4. The average Bonchev–Trinajstić information content (AvgIpc) is 3.13. The van der Waals surface area contributed by atoms with Gasteiger partial charge in [-0.05, 0) is 37.1 Å². The number of rotatable bonds is 3. The van der Waals surface area contributed by atoms with Gasteiger partial charge < -0.3 is 24.6 Å². The predicted octanol–water partition coefficient (Wildman–Crippen LogP) is 1.08. The first-order chi connectivity index (χ1) is 13.4. The third-order valence-corrected chi connectivity index (χ3v) is 5.74. The lowest BCUT2D eigenvalue weighted by atomic mass is 9.74. The third-order valence-electron chi connectivity index (χ3n) is 5.74. The summed E-state index contributed by atoms with van der Waals surface area (Å²) >= 11 is 0. The van der Waals surface area contributed by atoms with Crippen molar-refractivity contribution in [2.45, 2.75) is 50.4 Å². The second-order valence-corrected chi connectivity index (χ2v) is 7.87. The van der Waals surface area contributed by atoms with Crippen LogP contribution >= 0.6 is 0 Å². The van der Waals surface area contributed by atoms with Crippen molar-refractivity contribution < 1.29 is 19.2 Å². The van der Waals surface area contributed by atoms with Crippen LogP contribution in [-0.4, -0.2) is 63.1 Å². The number of hydrogen-bond acceptors (Lipinski definition) is 8. The molecule has 1 amide bonds. The average molecular weight is 387 g/mol. The Labute approximate surface area is 163 Å². The second-order valence-electron chi connectivity index (χ2n) is 7.87. The Morgan fingerprint density at radius 3 is 2.79 bits per heavy atom. The van der Waals surface area contributed by atoms with E-state index in [1.165, 1.54) is 0 Å². The van der Waals surface area contributed by atoms with Crippen molar-refractivity contribution in [1.29, 1.82) is 0 Å². The van der Waals surface area contributed by atoms with Gasteiger partial charge in [-0.2, -0.15) is 4.98 Å². The molecule has 2 aromatic heterocycles. The molecule has 0 aromatic carbocycles. The molecular weight excluding hydrogens is 362 g/mol. The second kappa shape index (κ2) is 7.14. The van der Waals surface area contributed by atoms with Gasteiger partial charge in [0.15, 0.2) is 0 Å². The molecule has 9 heteroatoms. The first-order valence-electron chi connectivity index (χ1n) is 9.50. The molecule has 150 valence electrons. The van der Waals surface area contributed by atoms with E-state index < -0.39 is 17.2 Å². The minimum absolute atomic E-state index is 0.181. The van der Waals surface area contributed by atoms with Gasteiger partial charge in [0, 0.05) is 32.6 Å².